The predicted molar refractivity (Wildman–Crippen MR) is 52.3 cm³/mol. The van der Waals surface area contributed by atoms with Crippen molar-refractivity contribution in [3.8, 4) is 0 Å². The van der Waals surface area contributed by atoms with Gasteiger partial charge in [-0.15, -0.1) is 0 Å². The molecule has 0 aliphatic carbocycles. The van der Waals surface area contributed by atoms with Crippen LogP contribution in [0.25, 0.3) is 0 Å². The maximum absolute atomic E-state index is 9.71. The largest absolute Gasteiger partial charge is 0.388 e. The van der Waals surface area contributed by atoms with Crippen LogP contribution >= 0.6 is 0 Å². The normalized spacial score (nSPS) is 13.2. The van der Waals surface area contributed by atoms with E-state index in [1.807, 2.05) is 13.2 Å². The molecule has 0 spiro atoms. The highest BCUT2D eigenvalue weighted by Crippen LogP contribution is 2.18. The molecule has 13 heavy (non-hydrogen) atoms. The molecule has 1 heterocycles. The van der Waals surface area contributed by atoms with Crippen LogP contribution in [0.4, 0.5) is 0 Å². The topological polar surface area (TPSA) is 38.1 Å². The molecular formula is C10H18N2O. The maximum atomic E-state index is 9.71. The van der Waals surface area contributed by atoms with Crippen molar-refractivity contribution in [2.75, 3.05) is 0 Å². The minimum Gasteiger partial charge on any atom is -0.388 e. The first-order valence-corrected chi connectivity index (χ1v) is 4.90. The minimum absolute atomic E-state index is 0.333. The van der Waals surface area contributed by atoms with E-state index in [9.17, 15) is 5.11 Å². The Bertz CT molecular complexity index is 245. The fraction of sp³-hybridized carbons (Fsp3) is 0.700. The fourth-order valence-electron chi connectivity index (χ4n) is 1.37. The van der Waals surface area contributed by atoms with Crippen molar-refractivity contribution >= 4 is 0 Å². The van der Waals surface area contributed by atoms with Gasteiger partial charge in [0.25, 0.3) is 0 Å². The molecule has 0 saturated carbocycles. The van der Waals surface area contributed by atoms with E-state index in [1.165, 1.54) is 12.8 Å². The molecule has 0 amide bonds. The predicted octanol–water partition coefficient (Wildman–Crippen LogP) is 2.03. The number of rotatable bonds is 5. The number of aromatic nitrogens is 2. The third kappa shape index (κ3) is 3.19. The SMILES string of the molecule is CCCCCC(O)c1cnn(C)c1. The first-order chi connectivity index (χ1) is 6.24. The molecule has 3 heteroatoms. The third-order valence-corrected chi connectivity index (χ3v) is 2.19. The fourth-order valence-corrected chi connectivity index (χ4v) is 1.37. The second-order valence-electron chi connectivity index (χ2n) is 3.46. The molecule has 0 aliphatic heterocycles. The van der Waals surface area contributed by atoms with Crippen LogP contribution in [0.15, 0.2) is 12.4 Å². The molecule has 1 atom stereocenters. The Hall–Kier alpha value is -0.830. The van der Waals surface area contributed by atoms with Gasteiger partial charge in [-0.1, -0.05) is 26.2 Å². The molecule has 1 aromatic heterocycles. The van der Waals surface area contributed by atoms with Gasteiger partial charge in [0.2, 0.25) is 0 Å². The molecule has 1 unspecified atom stereocenters. The zero-order valence-corrected chi connectivity index (χ0v) is 8.40. The molecule has 1 rings (SSSR count). The van der Waals surface area contributed by atoms with E-state index in [0.717, 1.165) is 18.4 Å². The van der Waals surface area contributed by atoms with Gasteiger partial charge in [-0.25, -0.2) is 0 Å². The van der Waals surface area contributed by atoms with Crippen molar-refractivity contribution in [1.82, 2.24) is 9.78 Å². The summed E-state index contributed by atoms with van der Waals surface area (Å²) in [5, 5.41) is 13.7. The Kier molecular flexibility index (Phi) is 3.96. The highest BCUT2D eigenvalue weighted by atomic mass is 16.3. The van der Waals surface area contributed by atoms with Crippen LogP contribution in [0, 0.1) is 0 Å². The Morgan fingerprint density at radius 1 is 1.54 bits per heavy atom. The van der Waals surface area contributed by atoms with E-state index in [4.69, 9.17) is 0 Å². The second-order valence-corrected chi connectivity index (χ2v) is 3.46. The number of aliphatic hydroxyl groups is 1. The summed E-state index contributed by atoms with van der Waals surface area (Å²) in [5.74, 6) is 0. The highest BCUT2D eigenvalue weighted by Gasteiger charge is 2.08. The molecule has 3 nitrogen and oxygen atoms in total. The van der Waals surface area contributed by atoms with Crippen LogP contribution in [-0.4, -0.2) is 14.9 Å². The van der Waals surface area contributed by atoms with E-state index >= 15 is 0 Å². The van der Waals surface area contributed by atoms with Gasteiger partial charge < -0.3 is 5.11 Å². The van der Waals surface area contributed by atoms with E-state index in [-0.39, 0.29) is 6.10 Å². The van der Waals surface area contributed by atoms with Crippen molar-refractivity contribution in [3.05, 3.63) is 18.0 Å². The number of aliphatic hydroxyl groups excluding tert-OH is 1. The Labute approximate surface area is 79.4 Å². The van der Waals surface area contributed by atoms with E-state index in [0.29, 0.717) is 0 Å². The molecule has 0 bridgehead atoms. The van der Waals surface area contributed by atoms with Crippen LogP contribution in [0.2, 0.25) is 0 Å². The van der Waals surface area contributed by atoms with E-state index in [2.05, 4.69) is 12.0 Å². The lowest BCUT2D eigenvalue weighted by Gasteiger charge is -2.06. The lowest BCUT2D eigenvalue weighted by Crippen LogP contribution is -1.95. The lowest BCUT2D eigenvalue weighted by atomic mass is 10.1. The van der Waals surface area contributed by atoms with Gasteiger partial charge in [0.15, 0.2) is 0 Å². The van der Waals surface area contributed by atoms with Gasteiger partial charge in [0, 0.05) is 18.8 Å². The third-order valence-electron chi connectivity index (χ3n) is 2.19. The average molecular weight is 182 g/mol. The summed E-state index contributed by atoms with van der Waals surface area (Å²) in [6.45, 7) is 2.16. The van der Waals surface area contributed by atoms with Crippen molar-refractivity contribution < 1.29 is 5.11 Å². The van der Waals surface area contributed by atoms with Gasteiger partial charge in [0.1, 0.15) is 0 Å². The summed E-state index contributed by atoms with van der Waals surface area (Å²) in [7, 11) is 1.86. The summed E-state index contributed by atoms with van der Waals surface area (Å²) < 4.78 is 1.72. The molecule has 0 saturated heterocycles. The molecule has 0 fully saturated rings. The zero-order valence-electron chi connectivity index (χ0n) is 8.40. The van der Waals surface area contributed by atoms with E-state index in [1.54, 1.807) is 10.9 Å². The van der Waals surface area contributed by atoms with Gasteiger partial charge in [-0.2, -0.15) is 5.10 Å². The zero-order chi connectivity index (χ0) is 9.68. The molecule has 0 aliphatic rings. The van der Waals surface area contributed by atoms with Crippen LogP contribution in [-0.2, 0) is 7.05 Å². The Morgan fingerprint density at radius 3 is 2.85 bits per heavy atom. The standard InChI is InChI=1S/C10H18N2O/c1-3-4-5-6-10(13)9-7-11-12(2)8-9/h7-8,10,13H,3-6H2,1-2H3. The summed E-state index contributed by atoms with van der Waals surface area (Å²) in [5.41, 5.74) is 0.929. The van der Waals surface area contributed by atoms with Gasteiger partial charge >= 0.3 is 0 Å². The molecule has 74 valence electrons. The molecule has 0 aromatic carbocycles. The summed E-state index contributed by atoms with van der Waals surface area (Å²) in [6, 6.07) is 0. The Balaban J connectivity index is 2.35. The minimum atomic E-state index is -0.333. The quantitative estimate of drug-likeness (QED) is 0.707. The number of hydrogen-bond donors (Lipinski definition) is 1. The smallest absolute Gasteiger partial charge is 0.0820 e. The average Bonchev–Trinajstić information content (AvgIpc) is 2.52. The van der Waals surface area contributed by atoms with Crippen molar-refractivity contribution in [3.63, 3.8) is 0 Å². The first-order valence-electron chi connectivity index (χ1n) is 4.90. The summed E-state index contributed by atoms with van der Waals surface area (Å²) >= 11 is 0. The van der Waals surface area contributed by atoms with Crippen LogP contribution in [0.1, 0.15) is 44.3 Å². The summed E-state index contributed by atoms with van der Waals surface area (Å²) in [4.78, 5) is 0. The first kappa shape index (κ1) is 10.3. The van der Waals surface area contributed by atoms with Crippen molar-refractivity contribution in [2.24, 2.45) is 7.05 Å². The highest BCUT2D eigenvalue weighted by molar-refractivity contribution is 5.07. The van der Waals surface area contributed by atoms with Gasteiger partial charge in [0.05, 0.1) is 12.3 Å². The summed E-state index contributed by atoms with van der Waals surface area (Å²) in [6.07, 6.45) is 7.59. The molecule has 0 radical (unpaired) electrons. The lowest BCUT2D eigenvalue weighted by molar-refractivity contribution is 0.163. The van der Waals surface area contributed by atoms with Crippen molar-refractivity contribution in [2.45, 2.75) is 38.7 Å². The number of hydrogen-bond acceptors (Lipinski definition) is 2. The maximum Gasteiger partial charge on any atom is 0.0820 e. The van der Waals surface area contributed by atoms with Crippen molar-refractivity contribution in [1.29, 1.82) is 0 Å². The van der Waals surface area contributed by atoms with Crippen LogP contribution in [0.5, 0.6) is 0 Å². The van der Waals surface area contributed by atoms with Crippen LogP contribution in [0.3, 0.4) is 0 Å². The van der Waals surface area contributed by atoms with E-state index < -0.39 is 0 Å². The monoisotopic (exact) mass is 182 g/mol. The number of aryl methyl sites for hydroxylation is 1. The Morgan fingerprint density at radius 2 is 2.31 bits per heavy atom. The second kappa shape index (κ2) is 5.02. The van der Waals surface area contributed by atoms with Gasteiger partial charge in [-0.3, -0.25) is 4.68 Å². The van der Waals surface area contributed by atoms with Gasteiger partial charge in [-0.05, 0) is 6.42 Å². The molecule has 1 aromatic rings. The molecule has 1 N–H and O–H groups in total. The number of nitrogens with zero attached hydrogens (tertiary/aromatic N) is 2. The van der Waals surface area contributed by atoms with Crippen LogP contribution < -0.4 is 0 Å². The number of unbranched alkanes of at least 4 members (excludes halogenated alkanes) is 2. The molecular weight excluding hydrogens is 164 g/mol.